The maximum absolute atomic E-state index is 12.2. The lowest BCUT2D eigenvalue weighted by Gasteiger charge is -2.18. The van der Waals surface area contributed by atoms with Gasteiger partial charge in [-0.15, -0.1) is 0 Å². The molecule has 1 aromatic carbocycles. The molecule has 0 fully saturated rings. The molecule has 0 spiro atoms. The van der Waals surface area contributed by atoms with Gasteiger partial charge in [0.1, 0.15) is 12.4 Å². The SMILES string of the molecule is CCN(CC)CCOc1ccccc1C(=O)CC(C)C. The van der Waals surface area contributed by atoms with Crippen molar-refractivity contribution in [3.05, 3.63) is 29.8 Å². The summed E-state index contributed by atoms with van der Waals surface area (Å²) in [7, 11) is 0. The third kappa shape index (κ3) is 5.33. The molecule has 20 heavy (non-hydrogen) atoms. The van der Waals surface area contributed by atoms with E-state index in [4.69, 9.17) is 4.74 Å². The highest BCUT2D eigenvalue weighted by Gasteiger charge is 2.13. The molecule has 0 aliphatic carbocycles. The van der Waals surface area contributed by atoms with Crippen LogP contribution in [0, 0.1) is 5.92 Å². The molecule has 3 heteroatoms. The van der Waals surface area contributed by atoms with Crippen LogP contribution in [0.5, 0.6) is 5.75 Å². The number of hydrogen-bond acceptors (Lipinski definition) is 3. The monoisotopic (exact) mass is 277 g/mol. The quantitative estimate of drug-likeness (QED) is 0.645. The number of para-hydroxylation sites is 1. The van der Waals surface area contributed by atoms with Crippen LogP contribution in [0.2, 0.25) is 0 Å². The summed E-state index contributed by atoms with van der Waals surface area (Å²) in [6, 6.07) is 7.55. The maximum Gasteiger partial charge on any atom is 0.166 e. The number of carbonyl (C=O) groups is 1. The fraction of sp³-hybridized carbons (Fsp3) is 0.588. The summed E-state index contributed by atoms with van der Waals surface area (Å²) < 4.78 is 5.81. The first-order chi connectivity index (χ1) is 9.58. The smallest absolute Gasteiger partial charge is 0.166 e. The lowest BCUT2D eigenvalue weighted by Crippen LogP contribution is -2.28. The summed E-state index contributed by atoms with van der Waals surface area (Å²) >= 11 is 0. The number of nitrogens with zero attached hydrogens (tertiary/aromatic N) is 1. The first kappa shape index (κ1) is 16.7. The Kier molecular flexibility index (Phi) is 7.31. The second kappa shape index (κ2) is 8.75. The maximum atomic E-state index is 12.2. The van der Waals surface area contributed by atoms with Crippen LogP contribution in [0.15, 0.2) is 24.3 Å². The molecule has 0 amide bonds. The van der Waals surface area contributed by atoms with Crippen molar-refractivity contribution in [1.29, 1.82) is 0 Å². The molecule has 0 saturated carbocycles. The highest BCUT2D eigenvalue weighted by atomic mass is 16.5. The molecule has 0 radical (unpaired) electrons. The van der Waals surface area contributed by atoms with Gasteiger partial charge in [0.25, 0.3) is 0 Å². The molecule has 0 N–H and O–H groups in total. The normalized spacial score (nSPS) is 11.1. The Bertz CT molecular complexity index is 411. The average molecular weight is 277 g/mol. The topological polar surface area (TPSA) is 29.5 Å². The van der Waals surface area contributed by atoms with Gasteiger partial charge in [-0.05, 0) is 31.1 Å². The van der Waals surface area contributed by atoms with E-state index in [9.17, 15) is 4.79 Å². The summed E-state index contributed by atoms with van der Waals surface area (Å²) in [5.74, 6) is 1.25. The second-order valence-corrected chi connectivity index (χ2v) is 5.39. The van der Waals surface area contributed by atoms with E-state index < -0.39 is 0 Å². The highest BCUT2D eigenvalue weighted by molar-refractivity contribution is 5.98. The Balaban J connectivity index is 2.64. The number of ketones is 1. The van der Waals surface area contributed by atoms with E-state index in [1.807, 2.05) is 24.3 Å². The van der Waals surface area contributed by atoms with E-state index in [1.54, 1.807) is 0 Å². The molecule has 1 rings (SSSR count). The van der Waals surface area contributed by atoms with Gasteiger partial charge < -0.3 is 9.64 Å². The molecule has 0 aliphatic heterocycles. The Morgan fingerprint density at radius 2 is 1.85 bits per heavy atom. The molecule has 0 heterocycles. The summed E-state index contributed by atoms with van der Waals surface area (Å²) in [6.45, 7) is 12.0. The Hall–Kier alpha value is -1.35. The van der Waals surface area contributed by atoms with Gasteiger partial charge in [0.2, 0.25) is 0 Å². The lowest BCUT2D eigenvalue weighted by molar-refractivity contribution is 0.0963. The molecule has 0 saturated heterocycles. The van der Waals surface area contributed by atoms with Gasteiger partial charge in [0.15, 0.2) is 5.78 Å². The van der Waals surface area contributed by atoms with Crippen LogP contribution in [0.25, 0.3) is 0 Å². The van der Waals surface area contributed by atoms with Crippen molar-refractivity contribution >= 4 is 5.78 Å². The minimum absolute atomic E-state index is 0.165. The minimum atomic E-state index is 0.165. The number of Topliss-reactive ketones (excluding diaryl/α,β-unsaturated/α-hetero) is 1. The van der Waals surface area contributed by atoms with E-state index in [-0.39, 0.29) is 5.78 Å². The predicted molar refractivity (Wildman–Crippen MR) is 83.5 cm³/mol. The van der Waals surface area contributed by atoms with E-state index in [0.717, 1.165) is 19.6 Å². The van der Waals surface area contributed by atoms with Crippen LogP contribution < -0.4 is 4.74 Å². The van der Waals surface area contributed by atoms with E-state index in [0.29, 0.717) is 30.3 Å². The number of hydrogen-bond donors (Lipinski definition) is 0. The molecular formula is C17H27NO2. The fourth-order valence-corrected chi connectivity index (χ4v) is 2.13. The van der Waals surface area contributed by atoms with Crippen LogP contribution >= 0.6 is 0 Å². The lowest BCUT2D eigenvalue weighted by atomic mass is 10.0. The summed E-state index contributed by atoms with van der Waals surface area (Å²) in [5, 5.41) is 0. The van der Waals surface area contributed by atoms with Crippen molar-refractivity contribution < 1.29 is 9.53 Å². The molecule has 3 nitrogen and oxygen atoms in total. The number of ether oxygens (including phenoxy) is 1. The minimum Gasteiger partial charge on any atom is -0.491 e. The molecule has 0 atom stereocenters. The largest absolute Gasteiger partial charge is 0.491 e. The zero-order chi connectivity index (χ0) is 15.0. The summed E-state index contributed by atoms with van der Waals surface area (Å²) in [5.41, 5.74) is 0.709. The first-order valence-electron chi connectivity index (χ1n) is 7.55. The number of rotatable bonds is 9. The molecule has 0 unspecified atom stereocenters. The van der Waals surface area contributed by atoms with Crippen molar-refractivity contribution in [3.8, 4) is 5.75 Å². The van der Waals surface area contributed by atoms with Crippen LogP contribution in [-0.4, -0.2) is 36.9 Å². The molecule has 0 aromatic heterocycles. The van der Waals surface area contributed by atoms with Gasteiger partial charge in [0, 0.05) is 13.0 Å². The first-order valence-corrected chi connectivity index (χ1v) is 7.55. The average Bonchev–Trinajstić information content (AvgIpc) is 2.43. The Morgan fingerprint density at radius 1 is 1.20 bits per heavy atom. The van der Waals surface area contributed by atoms with Gasteiger partial charge in [-0.3, -0.25) is 4.79 Å². The van der Waals surface area contributed by atoms with Gasteiger partial charge >= 0.3 is 0 Å². The molecule has 1 aromatic rings. The standard InChI is InChI=1S/C17H27NO2/c1-5-18(6-2)11-12-20-17-10-8-7-9-15(17)16(19)13-14(3)4/h7-10,14H,5-6,11-13H2,1-4H3. The van der Waals surface area contributed by atoms with Gasteiger partial charge in [0.05, 0.1) is 5.56 Å². The third-order valence-electron chi connectivity index (χ3n) is 3.34. The van der Waals surface area contributed by atoms with Crippen molar-refractivity contribution in [2.45, 2.75) is 34.1 Å². The van der Waals surface area contributed by atoms with Crippen LogP contribution in [-0.2, 0) is 0 Å². The van der Waals surface area contributed by atoms with Crippen LogP contribution in [0.4, 0.5) is 0 Å². The Morgan fingerprint density at radius 3 is 2.45 bits per heavy atom. The Labute approximate surface area is 122 Å². The molecule has 0 aliphatic rings. The van der Waals surface area contributed by atoms with Crippen molar-refractivity contribution in [2.24, 2.45) is 5.92 Å². The van der Waals surface area contributed by atoms with E-state index in [2.05, 4.69) is 32.6 Å². The van der Waals surface area contributed by atoms with E-state index in [1.165, 1.54) is 0 Å². The van der Waals surface area contributed by atoms with Gasteiger partial charge in [-0.1, -0.05) is 39.8 Å². The van der Waals surface area contributed by atoms with Gasteiger partial charge in [-0.2, -0.15) is 0 Å². The van der Waals surface area contributed by atoms with E-state index >= 15 is 0 Å². The predicted octanol–water partition coefficient (Wildman–Crippen LogP) is 3.64. The third-order valence-corrected chi connectivity index (χ3v) is 3.34. The molecular weight excluding hydrogens is 250 g/mol. The summed E-state index contributed by atoms with van der Waals surface area (Å²) in [6.07, 6.45) is 0.566. The zero-order valence-electron chi connectivity index (χ0n) is 13.2. The molecule has 112 valence electrons. The van der Waals surface area contributed by atoms with Crippen molar-refractivity contribution in [1.82, 2.24) is 4.90 Å². The number of carbonyl (C=O) groups excluding carboxylic acids is 1. The highest BCUT2D eigenvalue weighted by Crippen LogP contribution is 2.21. The zero-order valence-corrected chi connectivity index (χ0v) is 13.2. The van der Waals surface area contributed by atoms with Gasteiger partial charge in [-0.25, -0.2) is 0 Å². The van der Waals surface area contributed by atoms with Crippen LogP contribution in [0.3, 0.4) is 0 Å². The fourth-order valence-electron chi connectivity index (χ4n) is 2.13. The van der Waals surface area contributed by atoms with Crippen molar-refractivity contribution in [3.63, 3.8) is 0 Å². The van der Waals surface area contributed by atoms with Crippen LogP contribution in [0.1, 0.15) is 44.5 Å². The molecule has 0 bridgehead atoms. The van der Waals surface area contributed by atoms with Crippen molar-refractivity contribution in [2.75, 3.05) is 26.2 Å². The second-order valence-electron chi connectivity index (χ2n) is 5.39. The number of likely N-dealkylation sites (N-methyl/N-ethyl adjacent to an activating group) is 1. The number of benzene rings is 1. The summed E-state index contributed by atoms with van der Waals surface area (Å²) in [4.78, 5) is 14.5.